The number of nitrogens with one attached hydrogen (secondary N) is 1. The molecule has 5 nitrogen and oxygen atoms in total. The van der Waals surface area contributed by atoms with Crippen molar-refractivity contribution in [3.05, 3.63) is 67.7 Å². The lowest BCUT2D eigenvalue weighted by atomic mass is 10.1. The minimum absolute atomic E-state index is 0.0713. The molecule has 1 aliphatic rings. The molecule has 30 heavy (non-hydrogen) atoms. The van der Waals surface area contributed by atoms with Crippen LogP contribution in [0, 0.1) is 13.8 Å². The number of hydrogen-bond donors (Lipinski definition) is 1. The van der Waals surface area contributed by atoms with Crippen LogP contribution in [0.1, 0.15) is 58.3 Å². The molecular weight excluding hydrogens is 396 g/mol. The van der Waals surface area contributed by atoms with E-state index in [1.165, 1.54) is 36.6 Å². The van der Waals surface area contributed by atoms with Crippen molar-refractivity contribution in [1.82, 2.24) is 10.2 Å². The minimum atomic E-state index is -0.341. The van der Waals surface area contributed by atoms with Gasteiger partial charge in [-0.25, -0.2) is 0 Å². The summed E-state index contributed by atoms with van der Waals surface area (Å²) in [6.45, 7) is 6.46. The first kappa shape index (κ1) is 20.8. The predicted molar refractivity (Wildman–Crippen MR) is 121 cm³/mol. The van der Waals surface area contributed by atoms with Crippen LogP contribution < -0.4 is 10.7 Å². The number of thiophene rings is 1. The zero-order valence-corrected chi connectivity index (χ0v) is 18.4. The first-order chi connectivity index (χ1) is 14.5. The Balaban J connectivity index is 1.56. The van der Waals surface area contributed by atoms with Crippen molar-refractivity contribution in [1.29, 1.82) is 0 Å². The van der Waals surface area contributed by atoms with E-state index in [2.05, 4.69) is 27.7 Å². The molecule has 0 aliphatic carbocycles. The van der Waals surface area contributed by atoms with Gasteiger partial charge in [-0.15, -0.1) is 11.3 Å². The van der Waals surface area contributed by atoms with E-state index in [-0.39, 0.29) is 23.1 Å². The molecule has 1 amide bonds. The van der Waals surface area contributed by atoms with Crippen molar-refractivity contribution < 1.29 is 9.21 Å². The number of likely N-dealkylation sites (tertiary alicyclic amines) is 1. The van der Waals surface area contributed by atoms with E-state index < -0.39 is 0 Å². The number of fused-ring (bicyclic) bond motifs is 1. The summed E-state index contributed by atoms with van der Waals surface area (Å²) in [7, 11) is 0. The number of nitrogens with zero attached hydrogens (tertiary/aromatic N) is 1. The van der Waals surface area contributed by atoms with Gasteiger partial charge in [0.1, 0.15) is 5.58 Å². The molecule has 2 aromatic heterocycles. The third-order valence-electron chi connectivity index (χ3n) is 6.05. The summed E-state index contributed by atoms with van der Waals surface area (Å²) in [5.41, 5.74) is 2.23. The zero-order valence-electron chi connectivity index (χ0n) is 17.6. The number of amides is 1. The summed E-state index contributed by atoms with van der Waals surface area (Å²) in [5, 5.41) is 5.61. The van der Waals surface area contributed by atoms with Crippen LogP contribution in [-0.4, -0.2) is 30.4 Å². The Kier molecular flexibility index (Phi) is 6.35. The maximum absolute atomic E-state index is 12.9. The second kappa shape index (κ2) is 9.14. The SMILES string of the molecule is Cc1ccc2c(=O)cc(C(=O)NC[C@H](c3cccs3)N3CCCCCC3)oc2c1C. The minimum Gasteiger partial charge on any atom is -0.450 e. The molecule has 0 saturated carbocycles. The van der Waals surface area contributed by atoms with E-state index in [9.17, 15) is 9.59 Å². The highest BCUT2D eigenvalue weighted by molar-refractivity contribution is 7.10. The van der Waals surface area contributed by atoms with Crippen LogP contribution in [0.5, 0.6) is 0 Å². The monoisotopic (exact) mass is 424 g/mol. The molecular formula is C24H28N2O3S. The molecule has 3 heterocycles. The summed E-state index contributed by atoms with van der Waals surface area (Å²) in [4.78, 5) is 29.2. The van der Waals surface area contributed by atoms with E-state index >= 15 is 0 Å². The van der Waals surface area contributed by atoms with Gasteiger partial charge in [0, 0.05) is 17.5 Å². The maximum atomic E-state index is 12.9. The van der Waals surface area contributed by atoms with Crippen molar-refractivity contribution in [2.45, 2.75) is 45.6 Å². The highest BCUT2D eigenvalue weighted by Crippen LogP contribution is 2.27. The third-order valence-corrected chi connectivity index (χ3v) is 7.02. The summed E-state index contributed by atoms with van der Waals surface area (Å²) in [5.74, 6) is -0.270. The standard InChI is InChI=1S/C24H28N2O3S/c1-16-9-10-18-20(27)14-21(29-23(18)17(16)2)24(28)25-15-19(22-8-7-13-30-22)26-11-5-3-4-6-12-26/h7-10,13-14,19H,3-6,11-12,15H2,1-2H3,(H,25,28)/t19-/m1/s1. The van der Waals surface area contributed by atoms with E-state index in [4.69, 9.17) is 4.42 Å². The van der Waals surface area contributed by atoms with Crippen LogP contribution >= 0.6 is 11.3 Å². The summed E-state index contributed by atoms with van der Waals surface area (Å²) in [6, 6.07) is 9.30. The first-order valence-corrected chi connectivity index (χ1v) is 11.5. The van der Waals surface area contributed by atoms with Crippen molar-refractivity contribution in [3.63, 3.8) is 0 Å². The molecule has 1 N–H and O–H groups in total. The topological polar surface area (TPSA) is 62.6 Å². The number of hydrogen-bond acceptors (Lipinski definition) is 5. The van der Waals surface area contributed by atoms with E-state index in [0.717, 1.165) is 24.2 Å². The van der Waals surface area contributed by atoms with Gasteiger partial charge in [-0.2, -0.15) is 0 Å². The molecule has 6 heteroatoms. The maximum Gasteiger partial charge on any atom is 0.287 e. The number of benzene rings is 1. The fourth-order valence-electron chi connectivity index (χ4n) is 4.14. The zero-order chi connectivity index (χ0) is 21.1. The summed E-state index contributed by atoms with van der Waals surface area (Å²) in [6.07, 6.45) is 4.91. The molecule has 4 rings (SSSR count). The van der Waals surface area contributed by atoms with Gasteiger partial charge in [-0.3, -0.25) is 14.5 Å². The lowest BCUT2D eigenvalue weighted by Gasteiger charge is -2.30. The Morgan fingerprint density at radius 1 is 1.17 bits per heavy atom. The summed E-state index contributed by atoms with van der Waals surface area (Å²) < 4.78 is 5.88. The van der Waals surface area contributed by atoms with Gasteiger partial charge in [0.2, 0.25) is 0 Å². The molecule has 1 saturated heterocycles. The van der Waals surface area contributed by atoms with E-state index in [1.54, 1.807) is 17.4 Å². The van der Waals surface area contributed by atoms with Crippen molar-refractivity contribution in [2.75, 3.05) is 19.6 Å². The fourth-order valence-corrected chi connectivity index (χ4v) is 5.00. The lowest BCUT2D eigenvalue weighted by molar-refractivity contribution is 0.0907. The largest absolute Gasteiger partial charge is 0.450 e. The van der Waals surface area contributed by atoms with Crippen molar-refractivity contribution >= 4 is 28.2 Å². The molecule has 0 radical (unpaired) electrons. The normalized spacial score (nSPS) is 16.3. The quantitative estimate of drug-likeness (QED) is 0.638. The second-order valence-corrected chi connectivity index (χ2v) is 9.03. The summed E-state index contributed by atoms with van der Waals surface area (Å²) >= 11 is 1.72. The highest BCUT2D eigenvalue weighted by atomic mass is 32.1. The fraction of sp³-hybridized carbons (Fsp3) is 0.417. The molecule has 158 valence electrons. The Bertz CT molecular complexity index is 1080. The van der Waals surface area contributed by atoms with Gasteiger partial charge in [0.15, 0.2) is 11.2 Å². The van der Waals surface area contributed by atoms with Crippen LogP contribution in [-0.2, 0) is 0 Å². The lowest BCUT2D eigenvalue weighted by Crippen LogP contribution is -2.38. The molecule has 0 spiro atoms. The van der Waals surface area contributed by atoms with E-state index in [0.29, 0.717) is 17.5 Å². The first-order valence-electron chi connectivity index (χ1n) is 10.6. The smallest absolute Gasteiger partial charge is 0.287 e. The van der Waals surface area contributed by atoms with Crippen LogP contribution in [0.4, 0.5) is 0 Å². The van der Waals surface area contributed by atoms with Gasteiger partial charge in [0.25, 0.3) is 5.91 Å². The van der Waals surface area contributed by atoms with Gasteiger partial charge in [-0.05, 0) is 68.4 Å². The van der Waals surface area contributed by atoms with Crippen molar-refractivity contribution in [3.8, 4) is 0 Å². The van der Waals surface area contributed by atoms with Gasteiger partial charge >= 0.3 is 0 Å². The van der Waals surface area contributed by atoms with Crippen molar-refractivity contribution in [2.24, 2.45) is 0 Å². The molecule has 0 bridgehead atoms. The Morgan fingerprint density at radius 3 is 2.63 bits per heavy atom. The molecule has 1 aromatic carbocycles. The predicted octanol–water partition coefficient (Wildman–Crippen LogP) is 4.82. The molecule has 3 aromatic rings. The highest BCUT2D eigenvalue weighted by Gasteiger charge is 2.24. The number of rotatable bonds is 5. The average molecular weight is 425 g/mol. The van der Waals surface area contributed by atoms with E-state index in [1.807, 2.05) is 19.9 Å². The third kappa shape index (κ3) is 4.35. The molecule has 1 aliphatic heterocycles. The van der Waals surface area contributed by atoms with Gasteiger partial charge < -0.3 is 9.73 Å². The Hall–Kier alpha value is -2.44. The number of carbonyl (C=O) groups is 1. The molecule has 0 unspecified atom stereocenters. The Morgan fingerprint density at radius 2 is 1.93 bits per heavy atom. The van der Waals surface area contributed by atoms with Gasteiger partial charge in [0.05, 0.1) is 11.4 Å². The van der Waals surface area contributed by atoms with Crippen LogP contribution in [0.2, 0.25) is 0 Å². The number of aryl methyl sites for hydroxylation is 2. The Labute approximate surface area is 180 Å². The van der Waals surface area contributed by atoms with Gasteiger partial charge in [-0.1, -0.05) is 25.0 Å². The second-order valence-electron chi connectivity index (χ2n) is 8.05. The van der Waals surface area contributed by atoms with Crippen LogP contribution in [0.3, 0.4) is 0 Å². The average Bonchev–Trinajstić information content (AvgIpc) is 3.13. The molecule has 1 atom stereocenters. The molecule has 1 fully saturated rings. The van der Waals surface area contributed by atoms with Crippen LogP contribution in [0.15, 0.2) is 44.9 Å². The van der Waals surface area contributed by atoms with Crippen LogP contribution in [0.25, 0.3) is 11.0 Å². The number of carbonyl (C=O) groups excluding carboxylic acids is 1.